The first-order chi connectivity index (χ1) is 9.22. The molecule has 0 heterocycles. The summed E-state index contributed by atoms with van der Waals surface area (Å²) in [5.74, 6) is 5.73. The van der Waals surface area contributed by atoms with Crippen molar-refractivity contribution in [3.63, 3.8) is 0 Å². The van der Waals surface area contributed by atoms with Crippen LogP contribution in [0.1, 0.15) is 32.8 Å². The van der Waals surface area contributed by atoms with E-state index in [0.717, 1.165) is 5.56 Å². The van der Waals surface area contributed by atoms with Crippen molar-refractivity contribution in [2.45, 2.75) is 27.2 Å². The molecule has 0 saturated heterocycles. The molecule has 0 radical (unpaired) electrons. The molecule has 1 aromatic rings. The van der Waals surface area contributed by atoms with Crippen molar-refractivity contribution in [3.8, 4) is 11.8 Å². The maximum absolute atomic E-state index is 12.0. The molecule has 110 valence electrons. The molecule has 2 N–H and O–H groups in total. The van der Waals surface area contributed by atoms with Gasteiger partial charge in [0.2, 0.25) is 10.0 Å². The highest BCUT2D eigenvalue weighted by molar-refractivity contribution is 7.92. The van der Waals surface area contributed by atoms with Crippen LogP contribution in [-0.2, 0) is 10.0 Å². The molecule has 0 bridgehead atoms. The van der Waals surface area contributed by atoms with Gasteiger partial charge in [-0.3, -0.25) is 4.72 Å². The number of rotatable bonds is 4. The smallest absolute Gasteiger partial charge is 0.233 e. The Morgan fingerprint density at radius 3 is 2.60 bits per heavy atom. The third kappa shape index (κ3) is 6.60. The first-order valence-corrected chi connectivity index (χ1v) is 8.07. The van der Waals surface area contributed by atoms with E-state index in [1.807, 2.05) is 20.8 Å². The summed E-state index contributed by atoms with van der Waals surface area (Å²) in [7, 11) is -3.37. The van der Waals surface area contributed by atoms with E-state index in [1.165, 1.54) is 0 Å². The van der Waals surface area contributed by atoms with E-state index < -0.39 is 10.0 Å². The number of hydrogen-bond donors (Lipinski definition) is 2. The van der Waals surface area contributed by atoms with Crippen LogP contribution in [0.4, 0.5) is 5.69 Å². The maximum atomic E-state index is 12.0. The average Bonchev–Trinajstić information content (AvgIpc) is 2.25. The Bertz CT molecular complexity index is 604. The fourth-order valence-corrected chi connectivity index (χ4v) is 3.36. The monoisotopic (exact) mass is 295 g/mol. The molecule has 1 rings (SSSR count). The molecule has 5 heteroatoms. The van der Waals surface area contributed by atoms with Crippen molar-refractivity contribution < 1.29 is 13.5 Å². The fourth-order valence-electron chi connectivity index (χ4n) is 1.67. The number of aliphatic hydroxyl groups is 1. The van der Waals surface area contributed by atoms with Gasteiger partial charge in [-0.05, 0) is 23.6 Å². The minimum absolute atomic E-state index is 0.0188. The Balaban J connectivity index is 2.84. The van der Waals surface area contributed by atoms with Gasteiger partial charge in [0.15, 0.2) is 0 Å². The maximum Gasteiger partial charge on any atom is 0.233 e. The topological polar surface area (TPSA) is 66.4 Å². The number of hydrogen-bond acceptors (Lipinski definition) is 3. The summed E-state index contributed by atoms with van der Waals surface area (Å²) in [5, 5.41) is 8.67. The first kappa shape index (κ1) is 16.5. The highest BCUT2D eigenvalue weighted by Crippen LogP contribution is 2.19. The second-order valence-corrected chi connectivity index (χ2v) is 7.50. The standard InChI is InChI=1S/C15H21NO3S/c1-15(2,3)12-20(18,19)16-14-9-6-8-13(11-14)7-4-5-10-17/h6,8-9,11,16-17H,5,10,12H2,1-3H3. The zero-order valence-corrected chi connectivity index (χ0v) is 12.9. The van der Waals surface area contributed by atoms with Crippen molar-refractivity contribution in [1.29, 1.82) is 0 Å². The summed E-state index contributed by atoms with van der Waals surface area (Å²) in [6.07, 6.45) is 0.403. The van der Waals surface area contributed by atoms with Crippen molar-refractivity contribution in [3.05, 3.63) is 29.8 Å². The lowest BCUT2D eigenvalue weighted by Gasteiger charge is -2.18. The van der Waals surface area contributed by atoms with Gasteiger partial charge in [0.05, 0.1) is 12.4 Å². The van der Waals surface area contributed by atoms with Gasteiger partial charge in [0.25, 0.3) is 0 Å². The van der Waals surface area contributed by atoms with Crippen LogP contribution in [0.5, 0.6) is 0 Å². The van der Waals surface area contributed by atoms with Crippen LogP contribution in [0.2, 0.25) is 0 Å². The molecule has 0 aliphatic rings. The molecule has 0 fully saturated rings. The van der Waals surface area contributed by atoms with Gasteiger partial charge in [-0.2, -0.15) is 0 Å². The van der Waals surface area contributed by atoms with Crippen LogP contribution < -0.4 is 4.72 Å². The summed E-state index contributed by atoms with van der Waals surface area (Å²) < 4.78 is 26.6. The molecule has 0 unspecified atom stereocenters. The second kappa shape index (κ2) is 6.78. The minimum Gasteiger partial charge on any atom is -0.395 e. The van der Waals surface area contributed by atoms with Crippen molar-refractivity contribution in [2.24, 2.45) is 5.41 Å². The first-order valence-electron chi connectivity index (χ1n) is 6.42. The molecule has 4 nitrogen and oxygen atoms in total. The Kier molecular flexibility index (Phi) is 5.61. The molecule has 0 aromatic heterocycles. The van der Waals surface area contributed by atoms with E-state index >= 15 is 0 Å². The normalized spacial score (nSPS) is 11.6. The molecular weight excluding hydrogens is 274 g/mol. The minimum atomic E-state index is -3.37. The average molecular weight is 295 g/mol. The lowest BCUT2D eigenvalue weighted by Crippen LogP contribution is -2.26. The number of aliphatic hydroxyl groups excluding tert-OH is 1. The van der Waals surface area contributed by atoms with E-state index in [0.29, 0.717) is 12.1 Å². The van der Waals surface area contributed by atoms with Crippen LogP contribution in [0.25, 0.3) is 0 Å². The Hall–Kier alpha value is -1.51. The number of nitrogens with one attached hydrogen (secondary N) is 1. The van der Waals surface area contributed by atoms with Crippen molar-refractivity contribution in [2.75, 3.05) is 17.1 Å². The highest BCUT2D eigenvalue weighted by atomic mass is 32.2. The third-order valence-corrected chi connectivity index (χ3v) is 4.02. The van der Waals surface area contributed by atoms with Gasteiger partial charge >= 0.3 is 0 Å². The van der Waals surface area contributed by atoms with Crippen LogP contribution in [0.15, 0.2) is 24.3 Å². The number of sulfonamides is 1. The van der Waals surface area contributed by atoms with Gasteiger partial charge in [-0.25, -0.2) is 8.42 Å². The van der Waals surface area contributed by atoms with E-state index in [4.69, 9.17) is 5.11 Å². The number of anilines is 1. The fraction of sp³-hybridized carbons (Fsp3) is 0.467. The number of benzene rings is 1. The zero-order valence-electron chi connectivity index (χ0n) is 12.1. The zero-order chi connectivity index (χ0) is 15.2. The quantitative estimate of drug-likeness (QED) is 0.837. The van der Waals surface area contributed by atoms with Gasteiger partial charge in [-0.15, -0.1) is 0 Å². The van der Waals surface area contributed by atoms with E-state index in [-0.39, 0.29) is 17.8 Å². The van der Waals surface area contributed by atoms with Gasteiger partial charge in [-0.1, -0.05) is 38.7 Å². The molecule has 0 amide bonds. The van der Waals surface area contributed by atoms with E-state index in [9.17, 15) is 8.42 Å². The summed E-state index contributed by atoms with van der Waals surface area (Å²) in [6, 6.07) is 6.92. The predicted molar refractivity (Wildman–Crippen MR) is 81.9 cm³/mol. The third-order valence-electron chi connectivity index (χ3n) is 2.23. The Labute approximate surface area is 121 Å². The Morgan fingerprint density at radius 1 is 1.30 bits per heavy atom. The molecule has 0 spiro atoms. The van der Waals surface area contributed by atoms with Gasteiger partial charge in [0, 0.05) is 17.7 Å². The lowest BCUT2D eigenvalue weighted by atomic mass is 10.0. The largest absolute Gasteiger partial charge is 0.395 e. The summed E-state index contributed by atoms with van der Waals surface area (Å²) in [6.45, 7) is 5.65. The second-order valence-electron chi connectivity index (χ2n) is 5.78. The lowest BCUT2D eigenvalue weighted by molar-refractivity contribution is 0.305. The van der Waals surface area contributed by atoms with Crippen molar-refractivity contribution >= 4 is 15.7 Å². The molecule has 0 aliphatic carbocycles. The predicted octanol–water partition coefficient (Wildman–Crippen LogP) is 2.21. The van der Waals surface area contributed by atoms with Crippen LogP contribution in [0.3, 0.4) is 0 Å². The molecule has 0 aliphatic heterocycles. The van der Waals surface area contributed by atoms with E-state index in [2.05, 4.69) is 16.6 Å². The summed E-state index contributed by atoms with van der Waals surface area (Å²) in [4.78, 5) is 0. The molecule has 0 atom stereocenters. The van der Waals surface area contributed by atoms with Crippen molar-refractivity contribution in [1.82, 2.24) is 0 Å². The highest BCUT2D eigenvalue weighted by Gasteiger charge is 2.21. The summed E-state index contributed by atoms with van der Waals surface area (Å²) >= 11 is 0. The molecular formula is C15H21NO3S. The molecule has 1 aromatic carbocycles. The van der Waals surface area contributed by atoms with Gasteiger partial charge in [0.1, 0.15) is 0 Å². The van der Waals surface area contributed by atoms with Crippen LogP contribution in [-0.4, -0.2) is 25.9 Å². The molecule has 20 heavy (non-hydrogen) atoms. The summed E-state index contributed by atoms with van der Waals surface area (Å²) in [5.41, 5.74) is 0.921. The molecule has 0 saturated carbocycles. The van der Waals surface area contributed by atoms with Crippen LogP contribution >= 0.6 is 0 Å². The van der Waals surface area contributed by atoms with Gasteiger partial charge < -0.3 is 5.11 Å². The van der Waals surface area contributed by atoms with Crippen LogP contribution in [0, 0.1) is 17.3 Å². The Morgan fingerprint density at radius 2 is 2.00 bits per heavy atom. The SMILES string of the molecule is CC(C)(C)CS(=O)(=O)Nc1cccc(C#CCCO)c1. The van der Waals surface area contributed by atoms with E-state index in [1.54, 1.807) is 24.3 Å².